The number of halogens is 4. The van der Waals surface area contributed by atoms with Crippen LogP contribution < -0.4 is 5.56 Å². The maximum absolute atomic E-state index is 14.2. The summed E-state index contributed by atoms with van der Waals surface area (Å²) in [6, 6.07) is 10.2. The Morgan fingerprint density at radius 3 is 2.50 bits per heavy atom. The number of hydrogen-bond donors (Lipinski definition) is 1. The minimum absolute atomic E-state index is 0.0476. The van der Waals surface area contributed by atoms with Crippen molar-refractivity contribution in [3.05, 3.63) is 87.0 Å². The Bertz CT molecular complexity index is 1710. The molecule has 2 aromatic carbocycles. The zero-order chi connectivity index (χ0) is 27.0. The van der Waals surface area contributed by atoms with E-state index in [-0.39, 0.29) is 42.6 Å². The molecule has 194 valence electrons. The molecule has 10 heteroatoms. The molecular weight excluding hydrogens is 504 g/mol. The van der Waals surface area contributed by atoms with Crippen LogP contribution in [0, 0.1) is 5.82 Å². The lowest BCUT2D eigenvalue weighted by atomic mass is 9.85. The van der Waals surface area contributed by atoms with Gasteiger partial charge >= 0.3 is 12.1 Å². The number of hydrogen-bond acceptors (Lipinski definition) is 5. The average Bonchev–Trinajstić information content (AvgIpc) is 3.17. The van der Waals surface area contributed by atoms with Crippen LogP contribution in [0.4, 0.5) is 17.6 Å². The Balaban J connectivity index is 1.63. The first-order chi connectivity index (χ1) is 18.0. The topological polar surface area (TPSA) is 81.4 Å². The number of cyclic esters (lactones) is 1. The van der Waals surface area contributed by atoms with E-state index in [0.29, 0.717) is 33.5 Å². The first-order valence-electron chi connectivity index (χ1n) is 12.0. The Labute approximate surface area is 213 Å². The van der Waals surface area contributed by atoms with E-state index in [0.717, 1.165) is 12.1 Å². The van der Waals surface area contributed by atoms with Crippen molar-refractivity contribution in [2.24, 2.45) is 0 Å². The van der Waals surface area contributed by atoms with Crippen LogP contribution in [0.1, 0.15) is 42.0 Å². The van der Waals surface area contributed by atoms with Crippen molar-refractivity contribution >= 4 is 16.9 Å². The van der Waals surface area contributed by atoms with Gasteiger partial charge in [-0.1, -0.05) is 19.1 Å². The number of carbonyl (C=O) groups is 1. The summed E-state index contributed by atoms with van der Waals surface area (Å²) >= 11 is 0. The molecule has 38 heavy (non-hydrogen) atoms. The van der Waals surface area contributed by atoms with E-state index in [9.17, 15) is 32.3 Å². The number of ether oxygens (including phenoxy) is 1. The molecule has 2 aromatic heterocycles. The predicted molar refractivity (Wildman–Crippen MR) is 130 cm³/mol. The van der Waals surface area contributed by atoms with Crippen LogP contribution >= 0.6 is 0 Å². The van der Waals surface area contributed by atoms with Crippen LogP contribution in [0.3, 0.4) is 0 Å². The molecule has 6 nitrogen and oxygen atoms in total. The molecule has 0 saturated heterocycles. The van der Waals surface area contributed by atoms with Gasteiger partial charge in [0.25, 0.3) is 5.56 Å². The van der Waals surface area contributed by atoms with Crippen molar-refractivity contribution in [1.82, 2.24) is 9.55 Å². The summed E-state index contributed by atoms with van der Waals surface area (Å²) in [7, 11) is 0. The van der Waals surface area contributed by atoms with Crippen LogP contribution in [0.15, 0.2) is 53.3 Å². The van der Waals surface area contributed by atoms with Gasteiger partial charge in [0.1, 0.15) is 18.0 Å². The monoisotopic (exact) mass is 524 g/mol. The summed E-state index contributed by atoms with van der Waals surface area (Å²) in [5.41, 5.74) is 0.0813. The van der Waals surface area contributed by atoms with Crippen LogP contribution in [-0.4, -0.2) is 20.6 Å². The van der Waals surface area contributed by atoms with Gasteiger partial charge in [0, 0.05) is 17.0 Å². The number of pyridine rings is 2. The third kappa shape index (κ3) is 3.62. The molecule has 0 bridgehead atoms. The van der Waals surface area contributed by atoms with Crippen LogP contribution in [0.5, 0.6) is 0 Å². The Morgan fingerprint density at radius 2 is 1.82 bits per heavy atom. The highest BCUT2D eigenvalue weighted by Gasteiger charge is 2.40. The van der Waals surface area contributed by atoms with E-state index in [2.05, 4.69) is 4.98 Å². The van der Waals surface area contributed by atoms with Crippen molar-refractivity contribution in [3.63, 3.8) is 0 Å². The van der Waals surface area contributed by atoms with Gasteiger partial charge in [-0.2, -0.15) is 13.2 Å². The van der Waals surface area contributed by atoms with Gasteiger partial charge in [0.05, 0.1) is 41.0 Å². The summed E-state index contributed by atoms with van der Waals surface area (Å²) in [5, 5.41) is 11.8. The smallest absolute Gasteiger partial charge is 0.416 e. The lowest BCUT2D eigenvalue weighted by Gasteiger charge is -2.26. The van der Waals surface area contributed by atoms with Gasteiger partial charge in [0.2, 0.25) is 0 Å². The summed E-state index contributed by atoms with van der Waals surface area (Å²) in [6.07, 6.45) is -4.68. The van der Waals surface area contributed by atoms with Gasteiger partial charge in [-0.05, 0) is 53.4 Å². The van der Waals surface area contributed by atoms with E-state index < -0.39 is 34.7 Å². The number of alkyl halides is 3. The molecule has 2 aliphatic heterocycles. The van der Waals surface area contributed by atoms with Gasteiger partial charge < -0.3 is 14.4 Å². The molecule has 4 aromatic rings. The minimum atomic E-state index is -4.51. The van der Waals surface area contributed by atoms with E-state index >= 15 is 0 Å². The van der Waals surface area contributed by atoms with Crippen molar-refractivity contribution in [1.29, 1.82) is 0 Å². The molecule has 6 rings (SSSR count). The van der Waals surface area contributed by atoms with Gasteiger partial charge in [0.15, 0.2) is 0 Å². The van der Waals surface area contributed by atoms with E-state index in [1.807, 2.05) is 0 Å². The summed E-state index contributed by atoms with van der Waals surface area (Å²) in [6.45, 7) is 1.45. The normalized spacial score (nSPS) is 18.5. The largest absolute Gasteiger partial charge is 0.460 e. The van der Waals surface area contributed by atoms with Gasteiger partial charge in [-0.25, -0.2) is 9.37 Å². The fraction of sp³-hybridized carbons (Fsp3) is 0.250. The number of benzene rings is 2. The van der Waals surface area contributed by atoms with Crippen LogP contribution in [0.25, 0.3) is 33.4 Å². The maximum Gasteiger partial charge on any atom is 0.416 e. The molecular formula is C28H20F4N2O4. The number of aromatic nitrogens is 2. The summed E-state index contributed by atoms with van der Waals surface area (Å²) < 4.78 is 60.5. The Morgan fingerprint density at radius 1 is 1.08 bits per heavy atom. The predicted octanol–water partition coefficient (Wildman–Crippen LogP) is 5.29. The molecule has 1 N–H and O–H groups in total. The molecule has 0 spiro atoms. The van der Waals surface area contributed by atoms with Crippen LogP contribution in [-0.2, 0) is 34.5 Å². The number of esters is 1. The first kappa shape index (κ1) is 24.3. The first-order valence-corrected chi connectivity index (χ1v) is 12.0. The Hall–Kier alpha value is -4.05. The summed E-state index contributed by atoms with van der Waals surface area (Å²) in [5.74, 6) is -1.17. The second-order valence-corrected chi connectivity index (χ2v) is 9.59. The zero-order valence-corrected chi connectivity index (χ0v) is 20.0. The molecule has 1 atom stereocenters. The maximum atomic E-state index is 14.2. The SMILES string of the molecule is CC[C@@]1(O)CC(=O)OCc2c1cc1n(c2=O)Cc2c-1nc1cc(F)ccc1c2-c1ccc(C(F)(F)F)cc1. The Kier molecular flexibility index (Phi) is 5.26. The summed E-state index contributed by atoms with van der Waals surface area (Å²) in [4.78, 5) is 30.4. The molecule has 0 radical (unpaired) electrons. The van der Waals surface area contributed by atoms with Crippen molar-refractivity contribution in [2.75, 3.05) is 0 Å². The number of fused-ring (bicyclic) bond motifs is 5. The lowest BCUT2D eigenvalue weighted by molar-refractivity contribution is -0.149. The molecule has 0 aliphatic carbocycles. The van der Waals surface area contributed by atoms with E-state index in [1.54, 1.807) is 13.0 Å². The second-order valence-electron chi connectivity index (χ2n) is 9.59. The highest BCUT2D eigenvalue weighted by atomic mass is 19.4. The van der Waals surface area contributed by atoms with Gasteiger partial charge in [-0.15, -0.1) is 0 Å². The van der Waals surface area contributed by atoms with Crippen molar-refractivity contribution in [3.8, 4) is 22.5 Å². The highest BCUT2D eigenvalue weighted by Crippen LogP contribution is 2.44. The molecule has 0 saturated carbocycles. The number of carbonyl (C=O) groups excluding carboxylic acids is 1. The molecule has 2 aliphatic rings. The third-order valence-electron chi connectivity index (χ3n) is 7.41. The fourth-order valence-electron chi connectivity index (χ4n) is 5.41. The lowest BCUT2D eigenvalue weighted by Crippen LogP contribution is -2.32. The second kappa shape index (κ2) is 8.22. The van der Waals surface area contributed by atoms with Crippen molar-refractivity contribution < 1.29 is 32.2 Å². The third-order valence-corrected chi connectivity index (χ3v) is 7.41. The fourth-order valence-corrected chi connectivity index (χ4v) is 5.41. The molecule has 0 fully saturated rings. The molecule has 0 amide bonds. The van der Waals surface area contributed by atoms with Crippen molar-refractivity contribution in [2.45, 2.75) is 44.7 Å². The number of nitrogens with zero attached hydrogens (tertiary/aromatic N) is 2. The standard InChI is InChI=1S/C28H20F4N2O4/c1-2-27(37)11-23(35)38-13-19-20(27)10-22-25-18(12-34(22)26(19)36)24(17-8-7-16(29)9-21(17)33-25)14-3-5-15(6-4-14)28(30,31)32/h3-10,37H,2,11-13H2,1H3/t27-/m1/s1. The van der Waals surface area contributed by atoms with E-state index in [1.165, 1.54) is 34.9 Å². The zero-order valence-electron chi connectivity index (χ0n) is 20.0. The minimum Gasteiger partial charge on any atom is -0.460 e. The van der Waals surface area contributed by atoms with Crippen LogP contribution in [0.2, 0.25) is 0 Å². The number of aliphatic hydroxyl groups is 1. The van der Waals surface area contributed by atoms with E-state index in [4.69, 9.17) is 4.74 Å². The molecule has 0 unspecified atom stereocenters. The number of rotatable bonds is 2. The molecule has 4 heterocycles. The highest BCUT2D eigenvalue weighted by molar-refractivity contribution is 5.99. The average molecular weight is 524 g/mol. The van der Waals surface area contributed by atoms with Gasteiger partial charge in [-0.3, -0.25) is 9.59 Å². The quantitative estimate of drug-likeness (QED) is 0.251.